The smallest absolute Gasteiger partial charge is 0.306 e. The lowest BCUT2D eigenvalue weighted by Gasteiger charge is -2.42. The van der Waals surface area contributed by atoms with E-state index in [1.165, 1.54) is 51.4 Å². The van der Waals surface area contributed by atoms with E-state index in [9.17, 15) is 40.5 Å². The Hall–Kier alpha value is -3.09. The van der Waals surface area contributed by atoms with E-state index in [1.54, 1.807) is 0 Å². The Kier molecular flexibility index (Phi) is 39.9. The van der Waals surface area contributed by atoms with Crippen molar-refractivity contribution in [2.75, 3.05) is 33.0 Å². The van der Waals surface area contributed by atoms with Gasteiger partial charge >= 0.3 is 5.97 Å². The molecular weight excluding hydrogens is 921 g/mol. The molecular formula is C58H96O14. The Balaban J connectivity index is 1.78. The number of esters is 1. The number of carbonyl (C=O) groups is 1. The fourth-order valence-corrected chi connectivity index (χ4v) is 7.91. The van der Waals surface area contributed by atoms with Crippen molar-refractivity contribution >= 4 is 5.97 Å². The average molecular weight is 1020 g/mol. The van der Waals surface area contributed by atoms with Crippen LogP contribution in [0.5, 0.6) is 0 Å². The highest BCUT2D eigenvalue weighted by Gasteiger charge is 2.47. The van der Waals surface area contributed by atoms with Crippen molar-refractivity contribution in [1.82, 2.24) is 0 Å². The van der Waals surface area contributed by atoms with Gasteiger partial charge in [0.15, 0.2) is 12.6 Å². The molecule has 2 fully saturated rings. The first-order chi connectivity index (χ1) is 35.1. The van der Waals surface area contributed by atoms with Crippen molar-refractivity contribution in [1.29, 1.82) is 0 Å². The van der Waals surface area contributed by atoms with Crippen molar-refractivity contribution in [2.45, 2.75) is 229 Å². The first kappa shape index (κ1) is 65.0. The van der Waals surface area contributed by atoms with E-state index < -0.39 is 86.7 Å². The Morgan fingerprint density at radius 1 is 0.472 bits per heavy atom. The van der Waals surface area contributed by atoms with E-state index in [0.717, 1.165) is 77.0 Å². The van der Waals surface area contributed by atoms with E-state index in [1.807, 2.05) is 6.08 Å². The summed E-state index contributed by atoms with van der Waals surface area (Å²) in [6, 6.07) is 0. The van der Waals surface area contributed by atoms with Gasteiger partial charge in [-0.15, -0.1) is 0 Å². The Labute approximate surface area is 432 Å². The topological polar surface area (TPSA) is 214 Å². The lowest BCUT2D eigenvalue weighted by molar-refractivity contribution is -0.332. The summed E-state index contributed by atoms with van der Waals surface area (Å²) in [4.78, 5) is 13.0. The molecule has 14 heteroatoms. The molecule has 2 aliphatic heterocycles. The molecule has 0 aromatic rings. The van der Waals surface area contributed by atoms with Gasteiger partial charge in [-0.25, -0.2) is 0 Å². The summed E-state index contributed by atoms with van der Waals surface area (Å²) < 4.78 is 34.2. The molecule has 2 rings (SSSR count). The van der Waals surface area contributed by atoms with E-state index in [-0.39, 0.29) is 19.6 Å². The molecule has 72 heavy (non-hydrogen) atoms. The highest BCUT2D eigenvalue weighted by Crippen LogP contribution is 2.26. The highest BCUT2D eigenvalue weighted by molar-refractivity contribution is 5.69. The third-order valence-electron chi connectivity index (χ3n) is 12.3. The summed E-state index contributed by atoms with van der Waals surface area (Å²) in [5.41, 5.74) is 0. The standard InChI is InChI=1S/C58H96O14/c1-3-5-7-9-11-13-15-17-19-20-21-22-23-24-25-26-27-29-31-33-35-37-39-41-50(60)70-47(44-67-42-40-38-36-34-32-30-28-18-16-14-12-10-8-6-4-2)45-68-57-56(66)54(64)52(62)49(72-57)46-69-58-55(65)53(63)51(61)48(43-59)71-58/h5,7,11,13,16-19,21-22,24-25,27,29,33,35,47-49,51-59,61-66H,3-4,6,8-10,12,14-15,20,23,26,28,30-32,34,36-46H2,1-2H3/b7-5-,13-11-,18-16-,19-17-,22-21-,25-24-,29-27-,35-33-. The monoisotopic (exact) mass is 1020 g/mol. The Morgan fingerprint density at radius 2 is 0.903 bits per heavy atom. The maximum Gasteiger partial charge on any atom is 0.306 e. The second-order valence-corrected chi connectivity index (χ2v) is 18.7. The van der Waals surface area contributed by atoms with Gasteiger partial charge in [0.1, 0.15) is 54.9 Å². The van der Waals surface area contributed by atoms with Crippen LogP contribution in [0.15, 0.2) is 97.2 Å². The minimum Gasteiger partial charge on any atom is -0.457 e. The SMILES string of the molecule is CC/C=C\C/C=C\C/C=C\C/C=C\C/C=C\C/C=C\C/C=C\CCCC(=O)OC(COCCCCCCCC/C=C\CCCCCCC)COC1OC(COC2OC(CO)C(O)C(O)C2O)C(O)C(O)C1O. The number of rotatable bonds is 42. The van der Waals surface area contributed by atoms with Crippen molar-refractivity contribution in [3.05, 3.63) is 97.2 Å². The van der Waals surface area contributed by atoms with Crippen LogP contribution in [0, 0.1) is 0 Å². The predicted molar refractivity (Wildman–Crippen MR) is 284 cm³/mol. The van der Waals surface area contributed by atoms with E-state index >= 15 is 0 Å². The van der Waals surface area contributed by atoms with E-state index in [4.69, 9.17) is 28.4 Å². The van der Waals surface area contributed by atoms with Gasteiger partial charge in [0.2, 0.25) is 0 Å². The summed E-state index contributed by atoms with van der Waals surface area (Å²) in [5, 5.41) is 72.2. The van der Waals surface area contributed by atoms with Crippen molar-refractivity contribution < 1.29 is 69.0 Å². The number of aliphatic hydroxyl groups is 7. The molecule has 0 saturated carbocycles. The van der Waals surface area contributed by atoms with Crippen LogP contribution in [0.2, 0.25) is 0 Å². The van der Waals surface area contributed by atoms with Gasteiger partial charge in [-0.1, -0.05) is 162 Å². The molecule has 0 bridgehead atoms. The van der Waals surface area contributed by atoms with Gasteiger partial charge in [0.25, 0.3) is 0 Å². The summed E-state index contributed by atoms with van der Waals surface area (Å²) in [7, 11) is 0. The fourth-order valence-electron chi connectivity index (χ4n) is 7.91. The summed E-state index contributed by atoms with van der Waals surface area (Å²) in [6.45, 7) is 3.45. The van der Waals surface area contributed by atoms with Crippen LogP contribution in [0.3, 0.4) is 0 Å². The minimum atomic E-state index is -1.72. The molecule has 14 nitrogen and oxygen atoms in total. The normalized spacial score (nSPS) is 25.9. The zero-order valence-corrected chi connectivity index (χ0v) is 43.9. The Bertz CT molecular complexity index is 1550. The number of carbonyl (C=O) groups excluding carboxylic acids is 1. The molecule has 0 aliphatic carbocycles. The molecule has 2 aliphatic rings. The second-order valence-electron chi connectivity index (χ2n) is 18.7. The maximum atomic E-state index is 13.0. The van der Waals surface area contributed by atoms with E-state index in [2.05, 4.69) is 105 Å². The lowest BCUT2D eigenvalue weighted by Crippen LogP contribution is -2.61. The minimum absolute atomic E-state index is 0.0280. The van der Waals surface area contributed by atoms with Crippen molar-refractivity contribution in [2.24, 2.45) is 0 Å². The molecule has 0 amide bonds. The largest absolute Gasteiger partial charge is 0.457 e. The number of allylic oxidation sites excluding steroid dienone is 16. The quantitative estimate of drug-likeness (QED) is 0.0173. The molecule has 11 atom stereocenters. The van der Waals surface area contributed by atoms with Crippen LogP contribution in [0.4, 0.5) is 0 Å². The average Bonchev–Trinajstić information content (AvgIpc) is 3.38. The summed E-state index contributed by atoms with van der Waals surface area (Å²) >= 11 is 0. The molecule has 0 aromatic carbocycles. The number of ether oxygens (including phenoxy) is 6. The first-order valence-corrected chi connectivity index (χ1v) is 27.3. The van der Waals surface area contributed by atoms with Gasteiger partial charge in [0, 0.05) is 13.0 Å². The first-order valence-electron chi connectivity index (χ1n) is 27.3. The van der Waals surface area contributed by atoms with Gasteiger partial charge < -0.3 is 64.2 Å². The van der Waals surface area contributed by atoms with E-state index in [0.29, 0.717) is 19.4 Å². The number of aliphatic hydroxyl groups excluding tert-OH is 7. The molecule has 412 valence electrons. The zero-order valence-electron chi connectivity index (χ0n) is 43.9. The molecule has 2 saturated heterocycles. The predicted octanol–water partition coefficient (Wildman–Crippen LogP) is 9.02. The van der Waals surface area contributed by atoms with Gasteiger partial charge in [-0.2, -0.15) is 0 Å². The molecule has 7 N–H and O–H groups in total. The number of hydrogen-bond donors (Lipinski definition) is 7. The zero-order chi connectivity index (χ0) is 52.3. The van der Waals surface area contributed by atoms with Crippen LogP contribution in [-0.4, -0.2) is 142 Å². The molecule has 11 unspecified atom stereocenters. The van der Waals surface area contributed by atoms with Crippen LogP contribution in [-0.2, 0) is 33.2 Å². The van der Waals surface area contributed by atoms with Crippen LogP contribution in [0.1, 0.15) is 162 Å². The third-order valence-corrected chi connectivity index (χ3v) is 12.3. The van der Waals surface area contributed by atoms with Crippen LogP contribution < -0.4 is 0 Å². The van der Waals surface area contributed by atoms with Gasteiger partial charge in [-0.3, -0.25) is 4.79 Å². The van der Waals surface area contributed by atoms with Crippen LogP contribution in [0.25, 0.3) is 0 Å². The molecule has 0 radical (unpaired) electrons. The third kappa shape index (κ3) is 30.9. The summed E-state index contributed by atoms with van der Waals surface area (Å²) in [6.07, 6.45) is 41.8. The molecule has 0 spiro atoms. The lowest BCUT2D eigenvalue weighted by atomic mass is 9.98. The van der Waals surface area contributed by atoms with Crippen LogP contribution >= 0.6 is 0 Å². The second kappa shape index (κ2) is 44.2. The number of unbranched alkanes of at least 4 members (excludes halogenated alkanes) is 12. The van der Waals surface area contributed by atoms with Gasteiger partial charge in [-0.05, 0) is 89.9 Å². The Morgan fingerprint density at radius 3 is 1.43 bits per heavy atom. The number of hydrogen-bond acceptors (Lipinski definition) is 14. The fraction of sp³-hybridized carbons (Fsp3) is 0.707. The van der Waals surface area contributed by atoms with Crippen molar-refractivity contribution in [3.63, 3.8) is 0 Å². The maximum absolute atomic E-state index is 13.0. The van der Waals surface area contributed by atoms with Gasteiger partial charge in [0.05, 0.1) is 26.4 Å². The molecule has 0 aromatic heterocycles. The van der Waals surface area contributed by atoms with Crippen molar-refractivity contribution in [3.8, 4) is 0 Å². The molecule has 2 heterocycles. The highest BCUT2D eigenvalue weighted by atomic mass is 16.7. The summed E-state index contributed by atoms with van der Waals surface area (Å²) in [5.74, 6) is -0.439.